The summed E-state index contributed by atoms with van der Waals surface area (Å²) in [7, 11) is 0. The Hall–Kier alpha value is -2.74. The van der Waals surface area contributed by atoms with Gasteiger partial charge in [-0.1, -0.05) is 50.5 Å². The average Bonchev–Trinajstić information content (AvgIpc) is 3.22. The molecule has 5 heteroatoms. The molecular formula is C20H23N5. The van der Waals surface area contributed by atoms with Gasteiger partial charge in [-0.2, -0.15) is 5.26 Å². The smallest absolute Gasteiger partial charge is 0.173 e. The maximum atomic E-state index is 9.34. The van der Waals surface area contributed by atoms with Crippen LogP contribution in [0, 0.1) is 11.3 Å². The molecule has 0 spiro atoms. The molecule has 2 N–H and O–H groups in total. The van der Waals surface area contributed by atoms with Crippen LogP contribution in [-0.4, -0.2) is 20.6 Å². The van der Waals surface area contributed by atoms with Gasteiger partial charge in [-0.05, 0) is 24.8 Å². The third-order valence-electron chi connectivity index (χ3n) is 5.16. The van der Waals surface area contributed by atoms with Crippen LogP contribution < -0.4 is 5.32 Å². The minimum absolute atomic E-state index is 0.469. The maximum Gasteiger partial charge on any atom is 0.173 e. The number of fused-ring (bicyclic) bond motifs is 1. The van der Waals surface area contributed by atoms with E-state index in [9.17, 15) is 5.26 Å². The second kappa shape index (κ2) is 6.64. The quantitative estimate of drug-likeness (QED) is 0.738. The fraction of sp³-hybridized carbons (Fsp3) is 0.400. The SMILES string of the molecule is CCc1ccc(-c2nc3c(C#N)c[nH]n3c2NC2CCCCC2)cc1. The van der Waals surface area contributed by atoms with E-state index < -0.39 is 0 Å². The largest absolute Gasteiger partial charge is 0.365 e. The van der Waals surface area contributed by atoms with Crippen molar-refractivity contribution in [2.75, 3.05) is 5.32 Å². The van der Waals surface area contributed by atoms with Gasteiger partial charge in [-0.3, -0.25) is 5.10 Å². The van der Waals surface area contributed by atoms with Gasteiger partial charge >= 0.3 is 0 Å². The Labute approximate surface area is 147 Å². The Balaban J connectivity index is 1.79. The number of imidazole rings is 1. The number of H-pyrrole nitrogens is 1. The number of hydrogen-bond acceptors (Lipinski definition) is 3. The number of aryl methyl sites for hydroxylation is 1. The van der Waals surface area contributed by atoms with E-state index in [4.69, 9.17) is 4.98 Å². The lowest BCUT2D eigenvalue weighted by molar-refractivity contribution is 0.461. The normalized spacial score (nSPS) is 15.4. The van der Waals surface area contributed by atoms with E-state index in [-0.39, 0.29) is 0 Å². The molecule has 25 heavy (non-hydrogen) atoms. The summed E-state index contributed by atoms with van der Waals surface area (Å²) < 4.78 is 1.91. The molecule has 1 fully saturated rings. The van der Waals surface area contributed by atoms with E-state index in [1.54, 1.807) is 6.20 Å². The predicted molar refractivity (Wildman–Crippen MR) is 99.6 cm³/mol. The maximum absolute atomic E-state index is 9.34. The summed E-state index contributed by atoms with van der Waals surface area (Å²) in [4.78, 5) is 4.78. The van der Waals surface area contributed by atoms with Gasteiger partial charge in [0.05, 0.1) is 0 Å². The summed E-state index contributed by atoms with van der Waals surface area (Å²) in [5.74, 6) is 0.965. The van der Waals surface area contributed by atoms with E-state index in [2.05, 4.69) is 47.7 Å². The summed E-state index contributed by atoms with van der Waals surface area (Å²) >= 11 is 0. The molecule has 1 aromatic carbocycles. The molecule has 3 aromatic rings. The van der Waals surface area contributed by atoms with Gasteiger partial charge < -0.3 is 5.32 Å². The Bertz CT molecular complexity index is 904. The molecule has 2 heterocycles. The summed E-state index contributed by atoms with van der Waals surface area (Å²) in [6, 6.07) is 11.2. The molecule has 0 atom stereocenters. The van der Waals surface area contributed by atoms with Crippen LogP contribution in [0.5, 0.6) is 0 Å². The van der Waals surface area contributed by atoms with Crippen LogP contribution in [-0.2, 0) is 6.42 Å². The number of nitrogens with one attached hydrogen (secondary N) is 2. The van der Waals surface area contributed by atoms with Crippen molar-refractivity contribution < 1.29 is 0 Å². The highest BCUT2D eigenvalue weighted by Gasteiger charge is 2.21. The van der Waals surface area contributed by atoms with Crippen LogP contribution in [0.1, 0.15) is 50.2 Å². The van der Waals surface area contributed by atoms with E-state index >= 15 is 0 Å². The molecule has 1 aliphatic rings. The van der Waals surface area contributed by atoms with Gasteiger partial charge in [0.2, 0.25) is 0 Å². The number of nitriles is 1. The van der Waals surface area contributed by atoms with Gasteiger partial charge in [0.25, 0.3) is 0 Å². The lowest BCUT2D eigenvalue weighted by Crippen LogP contribution is -2.23. The molecule has 2 aromatic heterocycles. The van der Waals surface area contributed by atoms with Gasteiger partial charge in [0, 0.05) is 17.8 Å². The van der Waals surface area contributed by atoms with Gasteiger partial charge in [-0.25, -0.2) is 9.50 Å². The third-order valence-corrected chi connectivity index (χ3v) is 5.16. The molecule has 0 amide bonds. The molecule has 0 unspecified atom stereocenters. The number of aromatic amines is 1. The zero-order valence-electron chi connectivity index (χ0n) is 14.5. The van der Waals surface area contributed by atoms with Gasteiger partial charge in [0.1, 0.15) is 17.3 Å². The topological polar surface area (TPSA) is 68.9 Å². The first-order chi connectivity index (χ1) is 12.3. The highest BCUT2D eigenvalue weighted by molar-refractivity contribution is 5.78. The first-order valence-corrected chi connectivity index (χ1v) is 9.16. The van der Waals surface area contributed by atoms with Crippen molar-refractivity contribution in [1.82, 2.24) is 14.6 Å². The van der Waals surface area contributed by atoms with Crippen LogP contribution in [0.4, 0.5) is 5.82 Å². The highest BCUT2D eigenvalue weighted by Crippen LogP contribution is 2.32. The van der Waals surface area contributed by atoms with Gasteiger partial charge in [0.15, 0.2) is 11.5 Å². The Morgan fingerprint density at radius 3 is 2.68 bits per heavy atom. The monoisotopic (exact) mass is 333 g/mol. The molecule has 0 saturated heterocycles. The number of benzene rings is 1. The molecule has 0 radical (unpaired) electrons. The van der Waals surface area contributed by atoms with Crippen molar-refractivity contribution >= 4 is 11.5 Å². The molecule has 0 bridgehead atoms. The minimum atomic E-state index is 0.469. The number of rotatable bonds is 4. The molecule has 1 saturated carbocycles. The molecule has 5 nitrogen and oxygen atoms in total. The molecular weight excluding hydrogens is 310 g/mol. The summed E-state index contributed by atoms with van der Waals surface area (Å²) in [5, 5.41) is 16.2. The Morgan fingerprint density at radius 2 is 2.00 bits per heavy atom. The number of aromatic nitrogens is 3. The average molecular weight is 333 g/mol. The predicted octanol–water partition coefficient (Wildman–Crippen LogP) is 4.51. The van der Waals surface area contributed by atoms with E-state index in [1.165, 1.54) is 37.7 Å². The lowest BCUT2D eigenvalue weighted by Gasteiger charge is -2.23. The lowest BCUT2D eigenvalue weighted by atomic mass is 9.95. The summed E-state index contributed by atoms with van der Waals surface area (Å²) in [5.41, 5.74) is 4.57. The van der Waals surface area contributed by atoms with E-state index in [1.807, 2.05) is 4.52 Å². The molecule has 0 aliphatic heterocycles. The standard InChI is InChI=1S/C20H23N5/c1-2-14-8-10-15(11-9-14)18-20(23-17-6-4-3-5-7-17)25-19(24-18)16(12-21)13-22-25/h8-11,13,17,22-23H,2-7H2,1H3. The van der Waals surface area contributed by atoms with Crippen molar-refractivity contribution in [1.29, 1.82) is 5.26 Å². The van der Waals surface area contributed by atoms with Crippen molar-refractivity contribution in [2.45, 2.75) is 51.5 Å². The second-order valence-corrected chi connectivity index (χ2v) is 6.80. The zero-order valence-corrected chi connectivity index (χ0v) is 14.5. The van der Waals surface area contributed by atoms with Crippen LogP contribution in [0.3, 0.4) is 0 Å². The molecule has 128 valence electrons. The Kier molecular flexibility index (Phi) is 4.19. The van der Waals surface area contributed by atoms with Crippen molar-refractivity contribution in [3.8, 4) is 17.3 Å². The van der Waals surface area contributed by atoms with Crippen molar-refractivity contribution in [3.05, 3.63) is 41.6 Å². The third kappa shape index (κ3) is 2.89. The van der Waals surface area contributed by atoms with Crippen LogP contribution >= 0.6 is 0 Å². The number of nitrogens with zero attached hydrogens (tertiary/aromatic N) is 3. The fourth-order valence-electron chi connectivity index (χ4n) is 3.68. The number of hydrogen-bond donors (Lipinski definition) is 2. The highest BCUT2D eigenvalue weighted by atomic mass is 15.3. The first kappa shape index (κ1) is 15.8. The minimum Gasteiger partial charge on any atom is -0.365 e. The van der Waals surface area contributed by atoms with Crippen LogP contribution in [0.15, 0.2) is 30.5 Å². The summed E-state index contributed by atoms with van der Waals surface area (Å²) in [6.45, 7) is 2.16. The number of anilines is 1. The zero-order chi connectivity index (χ0) is 17.2. The van der Waals surface area contributed by atoms with E-state index in [0.717, 1.165) is 23.5 Å². The van der Waals surface area contributed by atoms with E-state index in [0.29, 0.717) is 17.3 Å². The van der Waals surface area contributed by atoms with Crippen molar-refractivity contribution in [2.24, 2.45) is 0 Å². The summed E-state index contributed by atoms with van der Waals surface area (Å²) in [6.07, 6.45) is 8.99. The second-order valence-electron chi connectivity index (χ2n) is 6.80. The van der Waals surface area contributed by atoms with Crippen LogP contribution in [0.25, 0.3) is 16.9 Å². The fourth-order valence-corrected chi connectivity index (χ4v) is 3.68. The van der Waals surface area contributed by atoms with Crippen molar-refractivity contribution in [3.63, 3.8) is 0 Å². The Morgan fingerprint density at radius 1 is 1.24 bits per heavy atom. The van der Waals surface area contributed by atoms with Gasteiger partial charge in [-0.15, -0.1) is 0 Å². The first-order valence-electron chi connectivity index (χ1n) is 9.16. The van der Waals surface area contributed by atoms with Crippen LogP contribution in [0.2, 0.25) is 0 Å². The molecule has 1 aliphatic carbocycles. The molecule has 4 rings (SSSR count).